The minimum Gasteiger partial charge on any atom is -0.313 e. The van der Waals surface area contributed by atoms with Gasteiger partial charge in [0, 0.05) is 18.4 Å². The first-order valence-electron chi connectivity index (χ1n) is 7.25. The number of halogens is 2. The zero-order valence-corrected chi connectivity index (χ0v) is 12.2. The molecule has 0 radical (unpaired) electrons. The maximum Gasteiger partial charge on any atom is 0.159 e. The van der Waals surface area contributed by atoms with Crippen molar-refractivity contribution in [2.45, 2.75) is 32.2 Å². The quantitative estimate of drug-likeness (QED) is 0.844. The van der Waals surface area contributed by atoms with Crippen molar-refractivity contribution >= 4 is 0 Å². The van der Waals surface area contributed by atoms with Crippen molar-refractivity contribution in [2.75, 3.05) is 6.54 Å². The van der Waals surface area contributed by atoms with Gasteiger partial charge in [-0.05, 0) is 61.2 Å². The van der Waals surface area contributed by atoms with E-state index in [0.29, 0.717) is 6.42 Å². The van der Waals surface area contributed by atoms with E-state index >= 15 is 0 Å². The molecule has 0 aliphatic carbocycles. The van der Waals surface area contributed by atoms with Crippen molar-refractivity contribution in [1.29, 1.82) is 0 Å². The molecule has 2 aromatic rings. The molecule has 1 aromatic heterocycles. The normalized spacial score (nSPS) is 12.3. The van der Waals surface area contributed by atoms with Crippen LogP contribution in [0.2, 0.25) is 0 Å². The van der Waals surface area contributed by atoms with E-state index in [0.717, 1.165) is 24.9 Å². The second kappa shape index (κ2) is 7.84. The molecule has 2 rings (SSSR count). The van der Waals surface area contributed by atoms with Crippen LogP contribution in [-0.4, -0.2) is 17.6 Å². The molecule has 0 saturated carbocycles. The van der Waals surface area contributed by atoms with Gasteiger partial charge in [-0.2, -0.15) is 0 Å². The lowest BCUT2D eigenvalue weighted by molar-refractivity contribution is 0.491. The standard InChI is InChI=1S/C17H20F2N2/c1-2-7-21-15(10-13-5-8-20-9-6-13)11-14-3-4-16(18)17(19)12-14/h3-6,8-9,12,15,21H,2,7,10-11H2,1H3. The minimum atomic E-state index is -0.800. The van der Waals surface area contributed by atoms with Gasteiger partial charge in [0.15, 0.2) is 11.6 Å². The van der Waals surface area contributed by atoms with Crippen LogP contribution in [0.5, 0.6) is 0 Å². The van der Waals surface area contributed by atoms with E-state index in [2.05, 4.69) is 17.2 Å². The number of benzene rings is 1. The van der Waals surface area contributed by atoms with Gasteiger partial charge < -0.3 is 5.32 Å². The smallest absolute Gasteiger partial charge is 0.159 e. The number of nitrogens with one attached hydrogen (secondary N) is 1. The van der Waals surface area contributed by atoms with Crippen LogP contribution in [0.15, 0.2) is 42.7 Å². The van der Waals surface area contributed by atoms with E-state index in [4.69, 9.17) is 0 Å². The molecule has 1 N–H and O–H groups in total. The summed E-state index contributed by atoms with van der Waals surface area (Å²) >= 11 is 0. The van der Waals surface area contributed by atoms with Crippen LogP contribution in [0.3, 0.4) is 0 Å². The van der Waals surface area contributed by atoms with Gasteiger partial charge in [0.25, 0.3) is 0 Å². The van der Waals surface area contributed by atoms with Gasteiger partial charge in [-0.25, -0.2) is 8.78 Å². The molecule has 0 amide bonds. The molecule has 1 unspecified atom stereocenters. The Hall–Kier alpha value is -1.81. The molecule has 21 heavy (non-hydrogen) atoms. The highest BCUT2D eigenvalue weighted by atomic mass is 19.2. The molecule has 2 nitrogen and oxygen atoms in total. The summed E-state index contributed by atoms with van der Waals surface area (Å²) in [4.78, 5) is 4.01. The van der Waals surface area contributed by atoms with Gasteiger partial charge in [-0.15, -0.1) is 0 Å². The maximum absolute atomic E-state index is 13.3. The molecular weight excluding hydrogens is 270 g/mol. The van der Waals surface area contributed by atoms with Gasteiger partial charge in [0.05, 0.1) is 0 Å². The summed E-state index contributed by atoms with van der Waals surface area (Å²) in [5, 5.41) is 3.46. The molecular formula is C17H20F2N2. The number of aromatic nitrogens is 1. The average molecular weight is 290 g/mol. The molecule has 0 bridgehead atoms. The van der Waals surface area contributed by atoms with E-state index in [1.165, 1.54) is 17.7 Å². The van der Waals surface area contributed by atoms with Gasteiger partial charge in [-0.1, -0.05) is 13.0 Å². The molecule has 1 heterocycles. The Balaban J connectivity index is 2.06. The fourth-order valence-corrected chi connectivity index (χ4v) is 2.32. The lowest BCUT2D eigenvalue weighted by atomic mass is 9.99. The van der Waals surface area contributed by atoms with Crippen LogP contribution >= 0.6 is 0 Å². The van der Waals surface area contributed by atoms with E-state index < -0.39 is 11.6 Å². The van der Waals surface area contributed by atoms with Crippen LogP contribution in [-0.2, 0) is 12.8 Å². The van der Waals surface area contributed by atoms with Gasteiger partial charge in [-0.3, -0.25) is 4.98 Å². The second-order valence-electron chi connectivity index (χ2n) is 5.16. The fraction of sp³-hybridized carbons (Fsp3) is 0.353. The van der Waals surface area contributed by atoms with Crippen molar-refractivity contribution in [2.24, 2.45) is 0 Å². The number of hydrogen-bond donors (Lipinski definition) is 1. The highest BCUT2D eigenvalue weighted by Gasteiger charge is 2.11. The predicted molar refractivity (Wildman–Crippen MR) is 80.1 cm³/mol. The lowest BCUT2D eigenvalue weighted by Crippen LogP contribution is -2.33. The average Bonchev–Trinajstić information content (AvgIpc) is 2.49. The summed E-state index contributed by atoms with van der Waals surface area (Å²) in [6.07, 6.45) is 6.07. The van der Waals surface area contributed by atoms with Gasteiger partial charge in [0.2, 0.25) is 0 Å². The zero-order valence-electron chi connectivity index (χ0n) is 12.2. The largest absolute Gasteiger partial charge is 0.313 e. The van der Waals surface area contributed by atoms with Crippen molar-refractivity contribution in [3.63, 3.8) is 0 Å². The van der Waals surface area contributed by atoms with E-state index in [1.54, 1.807) is 18.5 Å². The molecule has 0 aliphatic heterocycles. The predicted octanol–water partition coefficient (Wildman–Crippen LogP) is 3.51. The molecule has 0 spiro atoms. The third-order valence-corrected chi connectivity index (χ3v) is 3.38. The zero-order chi connectivity index (χ0) is 15.1. The highest BCUT2D eigenvalue weighted by Crippen LogP contribution is 2.13. The number of hydrogen-bond acceptors (Lipinski definition) is 2. The fourth-order valence-electron chi connectivity index (χ4n) is 2.32. The van der Waals surface area contributed by atoms with Crippen molar-refractivity contribution in [1.82, 2.24) is 10.3 Å². The Morgan fingerprint density at radius 3 is 2.38 bits per heavy atom. The molecule has 112 valence electrons. The van der Waals surface area contributed by atoms with Crippen LogP contribution in [0, 0.1) is 11.6 Å². The van der Waals surface area contributed by atoms with Gasteiger partial charge in [0.1, 0.15) is 0 Å². The first-order valence-corrected chi connectivity index (χ1v) is 7.25. The Bertz CT molecular complexity index is 558. The number of rotatable bonds is 7. The summed E-state index contributed by atoms with van der Waals surface area (Å²) in [5.41, 5.74) is 1.98. The van der Waals surface area contributed by atoms with Crippen LogP contribution in [0.25, 0.3) is 0 Å². The topological polar surface area (TPSA) is 24.9 Å². The monoisotopic (exact) mass is 290 g/mol. The Kier molecular flexibility index (Phi) is 5.81. The summed E-state index contributed by atoms with van der Waals surface area (Å²) in [6.45, 7) is 3.01. The molecule has 1 aromatic carbocycles. The lowest BCUT2D eigenvalue weighted by Gasteiger charge is -2.19. The van der Waals surface area contributed by atoms with Crippen molar-refractivity contribution in [3.05, 3.63) is 65.5 Å². The van der Waals surface area contributed by atoms with Crippen molar-refractivity contribution in [3.8, 4) is 0 Å². The Morgan fingerprint density at radius 2 is 1.71 bits per heavy atom. The maximum atomic E-state index is 13.3. The molecule has 0 aliphatic rings. The molecule has 4 heteroatoms. The highest BCUT2D eigenvalue weighted by molar-refractivity contribution is 5.20. The third kappa shape index (κ3) is 4.90. The minimum absolute atomic E-state index is 0.192. The molecule has 0 fully saturated rings. The third-order valence-electron chi connectivity index (χ3n) is 3.38. The summed E-state index contributed by atoms with van der Waals surface area (Å²) < 4.78 is 26.3. The van der Waals surface area contributed by atoms with Crippen LogP contribution in [0.1, 0.15) is 24.5 Å². The summed E-state index contributed by atoms with van der Waals surface area (Å²) in [7, 11) is 0. The number of pyridine rings is 1. The summed E-state index contributed by atoms with van der Waals surface area (Å²) in [6, 6.07) is 8.26. The Morgan fingerprint density at radius 1 is 1.00 bits per heavy atom. The summed E-state index contributed by atoms with van der Waals surface area (Å²) in [5.74, 6) is -1.59. The van der Waals surface area contributed by atoms with E-state index in [1.807, 2.05) is 12.1 Å². The van der Waals surface area contributed by atoms with E-state index in [-0.39, 0.29) is 6.04 Å². The molecule has 0 saturated heterocycles. The van der Waals surface area contributed by atoms with Gasteiger partial charge >= 0.3 is 0 Å². The van der Waals surface area contributed by atoms with Crippen LogP contribution < -0.4 is 5.32 Å². The van der Waals surface area contributed by atoms with Crippen molar-refractivity contribution < 1.29 is 8.78 Å². The SMILES string of the molecule is CCCNC(Cc1ccncc1)Cc1ccc(F)c(F)c1. The Labute approximate surface area is 124 Å². The molecule has 1 atom stereocenters. The second-order valence-corrected chi connectivity index (χ2v) is 5.16. The number of nitrogens with zero attached hydrogens (tertiary/aromatic N) is 1. The first-order chi connectivity index (χ1) is 10.2. The van der Waals surface area contributed by atoms with Crippen LogP contribution in [0.4, 0.5) is 8.78 Å². The first kappa shape index (κ1) is 15.6. The van der Waals surface area contributed by atoms with E-state index in [9.17, 15) is 8.78 Å².